The Kier molecular flexibility index (Phi) is 5.23. The first-order valence-corrected chi connectivity index (χ1v) is 10.6. The number of hydrogen-bond acceptors (Lipinski definition) is 5. The van der Waals surface area contributed by atoms with Crippen LogP contribution in [0, 0.1) is 0 Å². The monoisotopic (exact) mass is 398 g/mol. The summed E-state index contributed by atoms with van der Waals surface area (Å²) in [7, 11) is 3.99. The van der Waals surface area contributed by atoms with E-state index < -0.39 is 0 Å². The normalized spacial score (nSPS) is 14.7. The molecule has 0 aliphatic carbocycles. The van der Waals surface area contributed by atoms with E-state index in [1.54, 1.807) is 15.9 Å². The van der Waals surface area contributed by atoms with Crippen molar-refractivity contribution in [2.45, 2.75) is 26.4 Å². The molecule has 0 atom stereocenters. The predicted molar refractivity (Wildman–Crippen MR) is 115 cm³/mol. The maximum Gasteiger partial charge on any atom is 0.336 e. The molecular formula is C21H26N4O2S. The first kappa shape index (κ1) is 19.1. The fraction of sp³-hybridized carbons (Fsp3) is 0.429. The van der Waals surface area contributed by atoms with Crippen LogP contribution in [0.2, 0.25) is 0 Å². The molecule has 0 bridgehead atoms. The molecule has 148 valence electrons. The van der Waals surface area contributed by atoms with Gasteiger partial charge in [0.15, 0.2) is 0 Å². The highest BCUT2D eigenvalue weighted by Crippen LogP contribution is 2.33. The van der Waals surface area contributed by atoms with Crippen molar-refractivity contribution in [1.82, 2.24) is 18.9 Å². The molecule has 7 heteroatoms. The Morgan fingerprint density at radius 1 is 1.14 bits per heavy atom. The minimum absolute atomic E-state index is 0.185. The quantitative estimate of drug-likeness (QED) is 0.661. The second-order valence-corrected chi connectivity index (χ2v) is 8.60. The van der Waals surface area contributed by atoms with Crippen LogP contribution in [0.25, 0.3) is 15.9 Å². The molecule has 0 N–H and O–H groups in total. The summed E-state index contributed by atoms with van der Waals surface area (Å²) in [6.07, 6.45) is 0.860. The van der Waals surface area contributed by atoms with Crippen molar-refractivity contribution in [2.24, 2.45) is 0 Å². The Bertz CT molecular complexity index is 1110. The number of thiophene rings is 1. The lowest BCUT2D eigenvalue weighted by Crippen LogP contribution is -2.40. The minimum Gasteiger partial charge on any atom is -0.308 e. The van der Waals surface area contributed by atoms with E-state index in [0.717, 1.165) is 48.4 Å². The van der Waals surface area contributed by atoms with E-state index in [1.165, 1.54) is 9.44 Å². The summed E-state index contributed by atoms with van der Waals surface area (Å²) in [4.78, 5) is 33.3. The van der Waals surface area contributed by atoms with Crippen LogP contribution in [0.3, 0.4) is 0 Å². The highest BCUT2D eigenvalue weighted by atomic mass is 32.1. The molecule has 0 fully saturated rings. The highest BCUT2D eigenvalue weighted by molar-refractivity contribution is 7.18. The second kappa shape index (κ2) is 7.66. The zero-order valence-electron chi connectivity index (χ0n) is 16.6. The summed E-state index contributed by atoms with van der Waals surface area (Å²) in [6.45, 7) is 6.27. The SMILES string of the molecule is CCN1CCc2c(sc3c2c(=O)n(-c2ccccc2)c(=O)n3CCN(C)C)C1. The van der Waals surface area contributed by atoms with Gasteiger partial charge in [-0.05, 0) is 44.8 Å². The van der Waals surface area contributed by atoms with E-state index in [0.29, 0.717) is 12.2 Å². The second-order valence-electron chi connectivity index (χ2n) is 7.52. The Morgan fingerprint density at radius 3 is 2.57 bits per heavy atom. The highest BCUT2D eigenvalue weighted by Gasteiger charge is 2.26. The first-order valence-electron chi connectivity index (χ1n) is 9.73. The third kappa shape index (κ3) is 3.23. The van der Waals surface area contributed by atoms with Gasteiger partial charge in [0.05, 0.1) is 11.1 Å². The number of aromatic nitrogens is 2. The molecular weight excluding hydrogens is 372 g/mol. The lowest BCUT2D eigenvalue weighted by Gasteiger charge is -2.24. The third-order valence-electron chi connectivity index (χ3n) is 5.43. The van der Waals surface area contributed by atoms with E-state index in [4.69, 9.17) is 0 Å². The number of rotatable bonds is 5. The Labute approximate surface area is 168 Å². The molecule has 6 nitrogen and oxygen atoms in total. The maximum atomic E-state index is 13.5. The van der Waals surface area contributed by atoms with Gasteiger partial charge in [0.1, 0.15) is 4.83 Å². The van der Waals surface area contributed by atoms with Gasteiger partial charge in [0.25, 0.3) is 5.56 Å². The molecule has 3 aromatic rings. The van der Waals surface area contributed by atoms with Crippen molar-refractivity contribution in [3.05, 3.63) is 61.6 Å². The number of para-hydroxylation sites is 1. The Balaban J connectivity index is 2.01. The van der Waals surface area contributed by atoms with Crippen molar-refractivity contribution in [2.75, 3.05) is 33.7 Å². The summed E-state index contributed by atoms with van der Waals surface area (Å²) < 4.78 is 3.14. The third-order valence-corrected chi connectivity index (χ3v) is 6.67. The number of fused-ring (bicyclic) bond motifs is 3. The van der Waals surface area contributed by atoms with Gasteiger partial charge in [-0.1, -0.05) is 25.1 Å². The molecule has 0 radical (unpaired) electrons. The number of nitrogens with zero attached hydrogens (tertiary/aromatic N) is 4. The average molecular weight is 399 g/mol. The van der Waals surface area contributed by atoms with Crippen LogP contribution < -0.4 is 11.2 Å². The summed E-state index contributed by atoms with van der Waals surface area (Å²) in [6, 6.07) is 9.25. The standard InChI is InChI=1S/C21H26N4O2S/c1-4-23-11-10-16-17(14-23)28-20-18(16)19(26)25(15-8-6-5-7-9-15)21(27)24(20)13-12-22(2)3/h5-9H,4,10-14H2,1-3H3. The predicted octanol–water partition coefficient (Wildman–Crippen LogP) is 2.15. The molecule has 0 saturated carbocycles. The smallest absolute Gasteiger partial charge is 0.308 e. The van der Waals surface area contributed by atoms with Gasteiger partial charge in [0, 0.05) is 31.1 Å². The Morgan fingerprint density at radius 2 is 1.89 bits per heavy atom. The largest absolute Gasteiger partial charge is 0.336 e. The number of benzene rings is 1. The van der Waals surface area contributed by atoms with E-state index >= 15 is 0 Å². The lowest BCUT2D eigenvalue weighted by atomic mass is 10.1. The fourth-order valence-electron chi connectivity index (χ4n) is 3.83. The van der Waals surface area contributed by atoms with Gasteiger partial charge in [0.2, 0.25) is 0 Å². The van der Waals surface area contributed by atoms with Crippen molar-refractivity contribution in [3.8, 4) is 5.69 Å². The molecule has 1 aliphatic heterocycles. The van der Waals surface area contributed by atoms with E-state index in [9.17, 15) is 9.59 Å². The first-order chi connectivity index (χ1) is 13.5. The summed E-state index contributed by atoms with van der Waals surface area (Å²) >= 11 is 1.62. The van der Waals surface area contributed by atoms with E-state index in [2.05, 4.69) is 16.7 Å². The van der Waals surface area contributed by atoms with Crippen LogP contribution in [0.1, 0.15) is 17.4 Å². The van der Waals surface area contributed by atoms with Gasteiger partial charge in [-0.15, -0.1) is 11.3 Å². The van der Waals surface area contributed by atoms with Gasteiger partial charge in [-0.25, -0.2) is 9.36 Å². The molecule has 3 heterocycles. The van der Waals surface area contributed by atoms with Crippen LogP contribution in [-0.4, -0.2) is 52.7 Å². The van der Waals surface area contributed by atoms with Gasteiger partial charge in [-0.3, -0.25) is 14.3 Å². The van der Waals surface area contributed by atoms with E-state index in [-0.39, 0.29) is 11.2 Å². The van der Waals surface area contributed by atoms with Crippen LogP contribution >= 0.6 is 11.3 Å². The molecule has 0 unspecified atom stereocenters. The molecule has 2 aromatic heterocycles. The molecule has 0 spiro atoms. The van der Waals surface area contributed by atoms with Crippen LogP contribution in [-0.2, 0) is 19.5 Å². The zero-order chi connectivity index (χ0) is 19.8. The summed E-state index contributed by atoms with van der Waals surface area (Å²) in [5.41, 5.74) is 1.33. The zero-order valence-corrected chi connectivity index (χ0v) is 17.5. The van der Waals surface area contributed by atoms with Gasteiger partial charge < -0.3 is 4.90 Å². The topological polar surface area (TPSA) is 50.5 Å². The average Bonchev–Trinajstić information content (AvgIpc) is 3.07. The fourth-order valence-corrected chi connectivity index (χ4v) is 5.23. The maximum absolute atomic E-state index is 13.5. The van der Waals surface area contributed by atoms with Crippen molar-refractivity contribution in [3.63, 3.8) is 0 Å². The van der Waals surface area contributed by atoms with Crippen molar-refractivity contribution in [1.29, 1.82) is 0 Å². The van der Waals surface area contributed by atoms with Crippen molar-refractivity contribution < 1.29 is 0 Å². The number of hydrogen-bond donors (Lipinski definition) is 0. The molecule has 1 aromatic carbocycles. The minimum atomic E-state index is -0.253. The molecule has 0 saturated heterocycles. The van der Waals surface area contributed by atoms with Crippen LogP contribution in [0.15, 0.2) is 39.9 Å². The molecule has 4 rings (SSSR count). The molecule has 28 heavy (non-hydrogen) atoms. The van der Waals surface area contributed by atoms with E-state index in [1.807, 2.05) is 44.4 Å². The summed E-state index contributed by atoms with van der Waals surface area (Å²) in [5, 5.41) is 0.734. The van der Waals surface area contributed by atoms with Crippen LogP contribution in [0.5, 0.6) is 0 Å². The van der Waals surface area contributed by atoms with Gasteiger partial charge >= 0.3 is 5.69 Å². The molecule has 0 amide bonds. The summed E-state index contributed by atoms with van der Waals surface area (Å²) in [5.74, 6) is 0. The van der Waals surface area contributed by atoms with Crippen LogP contribution in [0.4, 0.5) is 0 Å². The molecule has 1 aliphatic rings. The Hall–Kier alpha value is -2.22. The van der Waals surface area contributed by atoms with Crippen molar-refractivity contribution >= 4 is 21.6 Å². The van der Waals surface area contributed by atoms with Gasteiger partial charge in [-0.2, -0.15) is 0 Å². The number of likely N-dealkylation sites (N-methyl/N-ethyl adjacent to an activating group) is 2. The lowest BCUT2D eigenvalue weighted by molar-refractivity contribution is 0.272.